The predicted octanol–water partition coefficient (Wildman–Crippen LogP) is 3.14. The number of nitriles is 1. The highest BCUT2D eigenvalue weighted by atomic mass is 32.2. The second-order valence-corrected chi connectivity index (χ2v) is 5.01. The molecule has 0 bridgehead atoms. The lowest BCUT2D eigenvalue weighted by molar-refractivity contribution is 0.340. The summed E-state index contributed by atoms with van der Waals surface area (Å²) in [4.78, 5) is 0. The van der Waals surface area contributed by atoms with E-state index in [9.17, 15) is 0 Å². The Hall–Kier alpha value is -2.00. The highest BCUT2D eigenvalue weighted by molar-refractivity contribution is 7.99. The first-order valence-electron chi connectivity index (χ1n) is 5.86. The molecule has 0 radical (unpaired) electrons. The number of nitrogens with zero attached hydrogens (tertiary/aromatic N) is 3. The SMILES string of the molecule is CCOc1ccc(-c2nnc(S[C@H](C)C#N)o2)cc1. The molecule has 0 amide bonds. The van der Waals surface area contributed by atoms with E-state index in [4.69, 9.17) is 14.4 Å². The second kappa shape index (κ2) is 6.25. The Bertz CT molecular complexity index is 574. The predicted molar refractivity (Wildman–Crippen MR) is 71.8 cm³/mol. The lowest BCUT2D eigenvalue weighted by Crippen LogP contribution is -1.90. The number of hydrogen-bond donors (Lipinski definition) is 0. The first-order valence-corrected chi connectivity index (χ1v) is 6.74. The summed E-state index contributed by atoms with van der Waals surface area (Å²) in [6, 6.07) is 9.54. The number of thioether (sulfide) groups is 1. The van der Waals surface area contributed by atoms with Crippen LogP contribution in [0.2, 0.25) is 0 Å². The minimum atomic E-state index is -0.214. The summed E-state index contributed by atoms with van der Waals surface area (Å²) in [7, 11) is 0. The van der Waals surface area contributed by atoms with Crippen LogP contribution >= 0.6 is 11.8 Å². The van der Waals surface area contributed by atoms with Crippen LogP contribution in [0.3, 0.4) is 0 Å². The summed E-state index contributed by atoms with van der Waals surface area (Å²) < 4.78 is 10.9. The smallest absolute Gasteiger partial charge is 0.278 e. The van der Waals surface area contributed by atoms with Gasteiger partial charge in [-0.25, -0.2) is 0 Å². The molecule has 2 rings (SSSR count). The van der Waals surface area contributed by atoms with Gasteiger partial charge in [-0.1, -0.05) is 0 Å². The summed E-state index contributed by atoms with van der Waals surface area (Å²) >= 11 is 1.24. The molecule has 5 nitrogen and oxygen atoms in total. The Morgan fingerprint density at radius 1 is 1.37 bits per heavy atom. The van der Waals surface area contributed by atoms with E-state index in [1.807, 2.05) is 31.2 Å². The van der Waals surface area contributed by atoms with Gasteiger partial charge in [0, 0.05) is 5.56 Å². The quantitative estimate of drug-likeness (QED) is 0.780. The van der Waals surface area contributed by atoms with Gasteiger partial charge >= 0.3 is 0 Å². The molecular formula is C13H13N3O2S. The van der Waals surface area contributed by atoms with E-state index < -0.39 is 0 Å². The van der Waals surface area contributed by atoms with Gasteiger partial charge in [0.25, 0.3) is 5.22 Å². The monoisotopic (exact) mass is 275 g/mol. The van der Waals surface area contributed by atoms with Crippen molar-refractivity contribution in [1.82, 2.24) is 10.2 Å². The lowest BCUT2D eigenvalue weighted by atomic mass is 10.2. The van der Waals surface area contributed by atoms with E-state index in [1.54, 1.807) is 6.92 Å². The van der Waals surface area contributed by atoms with Gasteiger partial charge in [-0.2, -0.15) is 5.26 Å². The molecule has 0 aliphatic heterocycles. The zero-order valence-electron chi connectivity index (χ0n) is 10.7. The van der Waals surface area contributed by atoms with Gasteiger partial charge in [0.15, 0.2) is 0 Å². The van der Waals surface area contributed by atoms with Crippen molar-refractivity contribution in [2.75, 3.05) is 6.61 Å². The third-order valence-corrected chi connectivity index (χ3v) is 3.10. The molecule has 2 aromatic rings. The van der Waals surface area contributed by atoms with E-state index in [1.165, 1.54) is 11.8 Å². The van der Waals surface area contributed by atoms with Crippen LogP contribution in [0, 0.1) is 11.3 Å². The molecule has 1 aromatic carbocycles. The van der Waals surface area contributed by atoms with Gasteiger partial charge < -0.3 is 9.15 Å². The molecule has 0 aliphatic carbocycles. The maximum Gasteiger partial charge on any atom is 0.278 e. The van der Waals surface area contributed by atoms with Crippen molar-refractivity contribution in [1.29, 1.82) is 5.26 Å². The third-order valence-electron chi connectivity index (χ3n) is 2.28. The van der Waals surface area contributed by atoms with Crippen LogP contribution in [0.15, 0.2) is 33.9 Å². The van der Waals surface area contributed by atoms with E-state index in [0.29, 0.717) is 17.7 Å². The van der Waals surface area contributed by atoms with Crippen LogP contribution < -0.4 is 4.74 Å². The first kappa shape index (κ1) is 13.4. The fraction of sp³-hybridized carbons (Fsp3) is 0.308. The summed E-state index contributed by atoms with van der Waals surface area (Å²) in [6.45, 7) is 4.35. The van der Waals surface area contributed by atoms with Crippen LogP contribution in [0.4, 0.5) is 0 Å². The molecule has 0 aliphatic rings. The molecule has 98 valence electrons. The van der Waals surface area contributed by atoms with Gasteiger partial charge in [-0.15, -0.1) is 10.2 Å². The van der Waals surface area contributed by atoms with Crippen molar-refractivity contribution in [2.24, 2.45) is 0 Å². The zero-order chi connectivity index (χ0) is 13.7. The molecule has 1 atom stereocenters. The highest BCUT2D eigenvalue weighted by Crippen LogP contribution is 2.26. The summed E-state index contributed by atoms with van der Waals surface area (Å²) in [5.41, 5.74) is 0.826. The minimum Gasteiger partial charge on any atom is -0.494 e. The van der Waals surface area contributed by atoms with Crippen molar-refractivity contribution < 1.29 is 9.15 Å². The van der Waals surface area contributed by atoms with E-state index in [-0.39, 0.29) is 5.25 Å². The average Bonchev–Trinajstić information content (AvgIpc) is 2.88. The molecule has 1 heterocycles. The lowest BCUT2D eigenvalue weighted by Gasteiger charge is -2.02. The van der Waals surface area contributed by atoms with Crippen molar-refractivity contribution in [3.05, 3.63) is 24.3 Å². The minimum absolute atomic E-state index is 0.214. The highest BCUT2D eigenvalue weighted by Gasteiger charge is 2.12. The number of hydrogen-bond acceptors (Lipinski definition) is 6. The number of rotatable bonds is 5. The van der Waals surface area contributed by atoms with Crippen LogP contribution in [0.25, 0.3) is 11.5 Å². The fourth-order valence-electron chi connectivity index (χ4n) is 1.41. The standard InChI is InChI=1S/C13H13N3O2S/c1-3-17-11-6-4-10(5-7-11)12-15-16-13(18-12)19-9(2)8-14/h4-7,9H,3H2,1-2H3/t9-/m1/s1. The number of aromatic nitrogens is 2. The van der Waals surface area contributed by atoms with E-state index in [0.717, 1.165) is 11.3 Å². The van der Waals surface area contributed by atoms with Gasteiger partial charge in [-0.05, 0) is 49.9 Å². The molecule has 0 saturated carbocycles. The Morgan fingerprint density at radius 3 is 2.74 bits per heavy atom. The largest absolute Gasteiger partial charge is 0.494 e. The third kappa shape index (κ3) is 3.48. The molecule has 0 spiro atoms. The fourth-order valence-corrected chi connectivity index (χ4v) is 1.98. The Labute approximate surface area is 115 Å². The second-order valence-electron chi connectivity index (χ2n) is 3.72. The molecule has 0 saturated heterocycles. The van der Waals surface area contributed by atoms with Crippen LogP contribution in [0.5, 0.6) is 5.75 Å². The van der Waals surface area contributed by atoms with Crippen molar-refractivity contribution in [3.8, 4) is 23.3 Å². The molecule has 0 N–H and O–H groups in total. The molecule has 0 fully saturated rings. The van der Waals surface area contributed by atoms with Gasteiger partial charge in [-0.3, -0.25) is 0 Å². The van der Waals surface area contributed by atoms with Crippen molar-refractivity contribution in [3.63, 3.8) is 0 Å². The number of ether oxygens (including phenoxy) is 1. The average molecular weight is 275 g/mol. The van der Waals surface area contributed by atoms with Crippen molar-refractivity contribution in [2.45, 2.75) is 24.3 Å². The molecule has 0 unspecified atom stereocenters. The van der Waals surface area contributed by atoms with Crippen molar-refractivity contribution >= 4 is 11.8 Å². The summed E-state index contributed by atoms with van der Waals surface area (Å²) in [5.74, 6) is 1.24. The maximum absolute atomic E-state index is 8.73. The maximum atomic E-state index is 8.73. The molecule has 6 heteroatoms. The van der Waals surface area contributed by atoms with Gasteiger partial charge in [0.05, 0.1) is 17.9 Å². The Kier molecular flexibility index (Phi) is 4.42. The first-order chi connectivity index (χ1) is 9.22. The summed E-state index contributed by atoms with van der Waals surface area (Å²) in [6.07, 6.45) is 0. The normalized spacial score (nSPS) is 11.8. The number of benzene rings is 1. The Morgan fingerprint density at radius 2 is 2.11 bits per heavy atom. The van der Waals surface area contributed by atoms with Gasteiger partial charge in [0.2, 0.25) is 5.89 Å². The summed E-state index contributed by atoms with van der Waals surface area (Å²) in [5, 5.41) is 16.8. The van der Waals surface area contributed by atoms with E-state index >= 15 is 0 Å². The van der Waals surface area contributed by atoms with E-state index in [2.05, 4.69) is 16.3 Å². The Balaban J connectivity index is 2.12. The topological polar surface area (TPSA) is 71.9 Å². The molecular weight excluding hydrogens is 262 g/mol. The molecule has 19 heavy (non-hydrogen) atoms. The van der Waals surface area contributed by atoms with Crippen LogP contribution in [0.1, 0.15) is 13.8 Å². The van der Waals surface area contributed by atoms with Crippen LogP contribution in [-0.4, -0.2) is 22.1 Å². The van der Waals surface area contributed by atoms with Gasteiger partial charge in [0.1, 0.15) is 5.75 Å². The van der Waals surface area contributed by atoms with Crippen LogP contribution in [-0.2, 0) is 0 Å². The zero-order valence-corrected chi connectivity index (χ0v) is 11.5. The molecule has 1 aromatic heterocycles.